The Hall–Kier alpha value is -2.37. The average Bonchev–Trinajstić information content (AvgIpc) is 3.14. The summed E-state index contributed by atoms with van der Waals surface area (Å²) in [6.45, 7) is 0.568. The summed E-state index contributed by atoms with van der Waals surface area (Å²) in [5, 5.41) is 3.39. The molecule has 27 heavy (non-hydrogen) atoms. The van der Waals surface area contributed by atoms with Crippen molar-refractivity contribution in [1.29, 1.82) is 0 Å². The number of nitrogens with one attached hydrogen (secondary N) is 1. The third-order valence-electron chi connectivity index (χ3n) is 3.99. The van der Waals surface area contributed by atoms with Crippen molar-refractivity contribution in [3.63, 3.8) is 0 Å². The van der Waals surface area contributed by atoms with Crippen LogP contribution in [0.3, 0.4) is 0 Å². The number of aryl methyl sites for hydroxylation is 1. The number of hydrogen-bond donors (Lipinski definition) is 1. The van der Waals surface area contributed by atoms with Gasteiger partial charge in [-0.1, -0.05) is 48.0 Å². The van der Waals surface area contributed by atoms with Crippen LogP contribution < -0.4 is 5.32 Å². The molecular formula is C21H20ClNO3S. The molecule has 1 atom stereocenters. The summed E-state index contributed by atoms with van der Waals surface area (Å²) in [7, 11) is -1.28. The summed E-state index contributed by atoms with van der Waals surface area (Å²) in [5.74, 6) is 0.667. The first-order valence-electron chi connectivity index (χ1n) is 8.66. The van der Waals surface area contributed by atoms with Crippen LogP contribution in [0.4, 0.5) is 0 Å². The van der Waals surface area contributed by atoms with Gasteiger partial charge in [-0.3, -0.25) is 9.00 Å². The smallest absolute Gasteiger partial charge is 0.286 e. The van der Waals surface area contributed by atoms with Crippen LogP contribution in [-0.4, -0.2) is 16.7 Å². The van der Waals surface area contributed by atoms with Gasteiger partial charge in [0.05, 0.1) is 16.6 Å². The zero-order chi connectivity index (χ0) is 19.1. The molecule has 6 heteroatoms. The van der Waals surface area contributed by atoms with Crippen molar-refractivity contribution in [3.8, 4) is 0 Å². The molecule has 1 heterocycles. The molecule has 0 bridgehead atoms. The third-order valence-corrected chi connectivity index (χ3v) is 5.55. The van der Waals surface area contributed by atoms with E-state index in [1.807, 2.05) is 18.2 Å². The van der Waals surface area contributed by atoms with Crippen LogP contribution in [0.15, 0.2) is 76.0 Å². The maximum Gasteiger partial charge on any atom is 0.286 e. The highest BCUT2D eigenvalue weighted by Gasteiger charge is 2.13. The van der Waals surface area contributed by atoms with Gasteiger partial charge in [0.15, 0.2) is 5.76 Å². The fraction of sp³-hybridized carbons (Fsp3) is 0.190. The highest BCUT2D eigenvalue weighted by molar-refractivity contribution is 7.84. The fourth-order valence-electron chi connectivity index (χ4n) is 2.62. The molecule has 3 aromatic rings. The molecule has 140 valence electrons. The summed E-state index contributed by atoms with van der Waals surface area (Å²) in [6.07, 6.45) is 1.76. The van der Waals surface area contributed by atoms with Crippen LogP contribution in [0.25, 0.3) is 0 Å². The molecule has 4 nitrogen and oxygen atoms in total. The maximum atomic E-state index is 12.4. The predicted molar refractivity (Wildman–Crippen MR) is 107 cm³/mol. The van der Waals surface area contributed by atoms with Gasteiger partial charge in [-0.2, -0.15) is 0 Å². The van der Waals surface area contributed by atoms with Crippen LogP contribution in [0.2, 0.25) is 5.02 Å². The Labute approximate surface area is 166 Å². The highest BCUT2D eigenvalue weighted by atomic mass is 35.5. The number of carbonyl (C=O) groups is 1. The van der Waals surface area contributed by atoms with Gasteiger partial charge < -0.3 is 9.73 Å². The number of benzene rings is 2. The summed E-state index contributed by atoms with van der Waals surface area (Å²) in [5.41, 5.74) is 1.25. The molecule has 0 aliphatic rings. The Balaban J connectivity index is 1.48. The fourth-order valence-corrected chi connectivity index (χ4v) is 3.95. The van der Waals surface area contributed by atoms with Gasteiger partial charge in [0, 0.05) is 16.5 Å². The molecule has 0 radical (unpaired) electrons. The van der Waals surface area contributed by atoms with E-state index < -0.39 is 10.8 Å². The van der Waals surface area contributed by atoms with Crippen LogP contribution in [0, 0.1) is 0 Å². The zero-order valence-corrected chi connectivity index (χ0v) is 16.3. The van der Waals surface area contributed by atoms with E-state index in [9.17, 15) is 9.00 Å². The molecule has 0 saturated carbocycles. The van der Waals surface area contributed by atoms with E-state index in [-0.39, 0.29) is 17.4 Å². The van der Waals surface area contributed by atoms with Gasteiger partial charge in [0.2, 0.25) is 0 Å². The van der Waals surface area contributed by atoms with Crippen molar-refractivity contribution in [2.75, 3.05) is 6.54 Å². The topological polar surface area (TPSA) is 59.3 Å². The summed E-state index contributed by atoms with van der Waals surface area (Å²) in [4.78, 5) is 12.8. The first-order chi connectivity index (χ1) is 13.1. The lowest BCUT2D eigenvalue weighted by atomic mass is 10.1. The first kappa shape index (κ1) is 19.4. The third kappa shape index (κ3) is 5.81. The Morgan fingerprint density at radius 1 is 1.04 bits per heavy atom. The van der Waals surface area contributed by atoms with Gasteiger partial charge in [-0.05, 0) is 48.7 Å². The van der Waals surface area contributed by atoms with Crippen molar-refractivity contribution in [1.82, 2.24) is 5.32 Å². The lowest BCUT2D eigenvalue weighted by Crippen LogP contribution is -2.24. The molecule has 0 fully saturated rings. The standard InChI is InChI=1S/C21H20ClNO3S/c22-17-9-4-10-19(14-17)27(25)15-18-11-12-20(26-18)21(24)23-13-5-8-16-6-2-1-3-7-16/h1-4,6-7,9-12,14H,5,8,13,15H2,(H,23,24). The largest absolute Gasteiger partial charge is 0.455 e. The molecule has 0 aliphatic carbocycles. The number of rotatable bonds is 8. The first-order valence-corrected chi connectivity index (χ1v) is 10.4. The molecular weight excluding hydrogens is 382 g/mol. The second kappa shape index (κ2) is 9.53. The van der Waals surface area contributed by atoms with Crippen molar-refractivity contribution >= 4 is 28.3 Å². The zero-order valence-electron chi connectivity index (χ0n) is 14.7. The normalized spacial score (nSPS) is 11.9. The van der Waals surface area contributed by atoms with Crippen molar-refractivity contribution < 1.29 is 13.4 Å². The molecule has 1 N–H and O–H groups in total. The highest BCUT2D eigenvalue weighted by Crippen LogP contribution is 2.18. The Kier molecular flexibility index (Phi) is 6.85. The summed E-state index contributed by atoms with van der Waals surface area (Å²) >= 11 is 5.93. The minimum absolute atomic E-state index is 0.196. The Morgan fingerprint density at radius 2 is 1.85 bits per heavy atom. The van der Waals surface area contributed by atoms with E-state index in [1.165, 1.54) is 5.56 Å². The van der Waals surface area contributed by atoms with E-state index in [4.69, 9.17) is 16.0 Å². The molecule has 1 aromatic heterocycles. The summed E-state index contributed by atoms with van der Waals surface area (Å²) in [6, 6.07) is 20.3. The monoisotopic (exact) mass is 401 g/mol. The van der Waals surface area contributed by atoms with Crippen LogP contribution in [0.5, 0.6) is 0 Å². The SMILES string of the molecule is O=C(NCCCc1ccccc1)c1ccc(CS(=O)c2cccc(Cl)c2)o1. The van der Waals surface area contributed by atoms with Crippen molar-refractivity contribution in [2.24, 2.45) is 0 Å². The molecule has 0 saturated heterocycles. The lowest BCUT2D eigenvalue weighted by molar-refractivity contribution is 0.0924. The molecule has 0 aliphatic heterocycles. The van der Waals surface area contributed by atoms with E-state index >= 15 is 0 Å². The van der Waals surface area contributed by atoms with Gasteiger partial charge in [-0.25, -0.2) is 0 Å². The second-order valence-corrected chi connectivity index (χ2v) is 7.95. The minimum atomic E-state index is -1.28. The van der Waals surface area contributed by atoms with E-state index in [2.05, 4.69) is 17.4 Å². The quantitative estimate of drug-likeness (QED) is 0.561. The van der Waals surface area contributed by atoms with Gasteiger partial charge in [-0.15, -0.1) is 0 Å². The Morgan fingerprint density at radius 3 is 2.63 bits per heavy atom. The average molecular weight is 402 g/mol. The molecule has 2 aromatic carbocycles. The molecule has 0 spiro atoms. The van der Waals surface area contributed by atoms with Crippen molar-refractivity contribution in [3.05, 3.63) is 88.8 Å². The van der Waals surface area contributed by atoms with Crippen LogP contribution in [-0.2, 0) is 23.0 Å². The summed E-state index contributed by atoms with van der Waals surface area (Å²) < 4.78 is 17.9. The van der Waals surface area contributed by atoms with Gasteiger partial charge >= 0.3 is 0 Å². The van der Waals surface area contributed by atoms with E-state index in [0.29, 0.717) is 22.2 Å². The van der Waals surface area contributed by atoms with Crippen LogP contribution >= 0.6 is 11.6 Å². The number of carbonyl (C=O) groups excluding carboxylic acids is 1. The molecule has 1 amide bonds. The lowest BCUT2D eigenvalue weighted by Gasteiger charge is -2.04. The number of halogens is 1. The predicted octanol–water partition coefficient (Wildman–Crippen LogP) is 4.60. The van der Waals surface area contributed by atoms with E-state index in [0.717, 1.165) is 12.8 Å². The minimum Gasteiger partial charge on any atom is -0.455 e. The number of amides is 1. The van der Waals surface area contributed by atoms with Crippen LogP contribution in [0.1, 0.15) is 28.3 Å². The number of hydrogen-bond acceptors (Lipinski definition) is 3. The van der Waals surface area contributed by atoms with Gasteiger partial charge in [0.1, 0.15) is 5.76 Å². The molecule has 3 rings (SSSR count). The van der Waals surface area contributed by atoms with Crippen molar-refractivity contribution in [2.45, 2.75) is 23.5 Å². The maximum absolute atomic E-state index is 12.4. The molecule has 1 unspecified atom stereocenters. The number of furan rings is 1. The van der Waals surface area contributed by atoms with Gasteiger partial charge in [0.25, 0.3) is 5.91 Å². The second-order valence-electron chi connectivity index (χ2n) is 6.06. The Bertz CT molecular complexity index is 924. The van der Waals surface area contributed by atoms with E-state index in [1.54, 1.807) is 36.4 Å².